The van der Waals surface area contributed by atoms with Gasteiger partial charge in [-0.1, -0.05) is 35.9 Å². The Labute approximate surface area is 114 Å². The van der Waals surface area contributed by atoms with E-state index in [0.29, 0.717) is 17.3 Å². The second-order valence-corrected chi connectivity index (χ2v) is 4.49. The topological polar surface area (TPSA) is 12.0 Å². The van der Waals surface area contributed by atoms with E-state index >= 15 is 0 Å². The maximum atomic E-state index is 13.1. The van der Waals surface area contributed by atoms with Crippen molar-refractivity contribution in [2.45, 2.75) is 13.0 Å². The van der Waals surface area contributed by atoms with Gasteiger partial charge in [0.2, 0.25) is 0 Å². The maximum absolute atomic E-state index is 13.1. The van der Waals surface area contributed by atoms with Crippen molar-refractivity contribution in [1.82, 2.24) is 0 Å². The van der Waals surface area contributed by atoms with Crippen LogP contribution >= 0.6 is 11.6 Å². The lowest BCUT2D eigenvalue weighted by atomic mass is 10.1. The van der Waals surface area contributed by atoms with Crippen LogP contribution < -0.4 is 5.32 Å². The minimum atomic E-state index is -2.47. The van der Waals surface area contributed by atoms with E-state index in [4.69, 9.17) is 11.6 Å². The Morgan fingerprint density at radius 3 is 2.32 bits per heavy atom. The van der Waals surface area contributed by atoms with E-state index in [-0.39, 0.29) is 5.56 Å². The average Bonchev–Trinajstić information content (AvgIpc) is 2.36. The van der Waals surface area contributed by atoms with E-state index in [9.17, 15) is 13.2 Å². The molecule has 1 N–H and O–H groups in total. The first kappa shape index (κ1) is 13.7. The molecule has 0 amide bonds. The van der Waals surface area contributed by atoms with Crippen molar-refractivity contribution in [3.8, 4) is 0 Å². The minimum Gasteiger partial charge on any atom is -0.381 e. The molecule has 5 heteroatoms. The van der Waals surface area contributed by atoms with Crippen LogP contribution in [0.3, 0.4) is 0 Å². The highest BCUT2D eigenvalue weighted by molar-refractivity contribution is 6.30. The van der Waals surface area contributed by atoms with E-state index in [0.717, 1.165) is 5.56 Å². The van der Waals surface area contributed by atoms with Crippen LogP contribution in [-0.4, -0.2) is 0 Å². The molecule has 1 nitrogen and oxygen atoms in total. The van der Waals surface area contributed by atoms with Gasteiger partial charge in [-0.2, -0.15) is 0 Å². The zero-order valence-corrected chi connectivity index (χ0v) is 10.6. The van der Waals surface area contributed by atoms with Crippen LogP contribution in [-0.2, 0) is 6.54 Å². The van der Waals surface area contributed by atoms with Gasteiger partial charge in [0.05, 0.1) is 0 Å². The Hall–Kier alpha value is -1.68. The molecule has 100 valence electrons. The van der Waals surface area contributed by atoms with Gasteiger partial charge in [0.25, 0.3) is 6.43 Å². The van der Waals surface area contributed by atoms with Gasteiger partial charge in [-0.15, -0.1) is 0 Å². The minimum absolute atomic E-state index is 0.0162. The largest absolute Gasteiger partial charge is 0.381 e. The molecule has 0 aromatic heterocycles. The second-order valence-electron chi connectivity index (χ2n) is 4.05. The van der Waals surface area contributed by atoms with Gasteiger partial charge in [0.1, 0.15) is 5.82 Å². The van der Waals surface area contributed by atoms with Crippen molar-refractivity contribution in [2.24, 2.45) is 0 Å². The van der Waals surface area contributed by atoms with Crippen LogP contribution in [0.25, 0.3) is 0 Å². The predicted molar refractivity (Wildman–Crippen MR) is 70.1 cm³/mol. The number of anilines is 1. The highest BCUT2D eigenvalue weighted by Crippen LogP contribution is 2.21. The molecule has 2 aromatic carbocycles. The summed E-state index contributed by atoms with van der Waals surface area (Å²) in [6.45, 7) is 0.406. The number of hydrogen-bond donors (Lipinski definition) is 1. The lowest BCUT2D eigenvalue weighted by Gasteiger charge is -2.08. The maximum Gasteiger partial charge on any atom is 0.263 e. The molecule has 0 saturated carbocycles. The monoisotopic (exact) mass is 285 g/mol. The summed E-state index contributed by atoms with van der Waals surface area (Å²) >= 11 is 5.72. The molecule has 19 heavy (non-hydrogen) atoms. The van der Waals surface area contributed by atoms with Crippen LogP contribution in [0, 0.1) is 5.82 Å². The Morgan fingerprint density at radius 1 is 1.05 bits per heavy atom. The van der Waals surface area contributed by atoms with Gasteiger partial charge < -0.3 is 5.32 Å². The van der Waals surface area contributed by atoms with Crippen molar-refractivity contribution in [3.63, 3.8) is 0 Å². The zero-order valence-electron chi connectivity index (χ0n) is 9.84. The number of halogens is 4. The Kier molecular flexibility index (Phi) is 4.32. The fourth-order valence-electron chi connectivity index (χ4n) is 1.64. The lowest BCUT2D eigenvalue weighted by molar-refractivity contribution is 0.151. The van der Waals surface area contributed by atoms with Crippen LogP contribution in [0.5, 0.6) is 0 Å². The molecule has 0 radical (unpaired) electrons. The summed E-state index contributed by atoms with van der Waals surface area (Å²) in [5, 5.41) is 3.28. The summed E-state index contributed by atoms with van der Waals surface area (Å²) in [7, 11) is 0. The van der Waals surface area contributed by atoms with Crippen molar-refractivity contribution in [2.75, 3.05) is 5.32 Å². The van der Waals surface area contributed by atoms with Gasteiger partial charge in [0, 0.05) is 22.8 Å². The molecule has 2 aromatic rings. The molecule has 0 atom stereocenters. The first-order valence-electron chi connectivity index (χ1n) is 5.61. The van der Waals surface area contributed by atoms with Crippen LogP contribution in [0.1, 0.15) is 17.6 Å². The highest BCUT2D eigenvalue weighted by atomic mass is 35.5. The normalized spacial score (nSPS) is 10.8. The van der Waals surface area contributed by atoms with Crippen molar-refractivity contribution in [1.29, 1.82) is 0 Å². The molecule has 0 aliphatic rings. The van der Waals surface area contributed by atoms with E-state index in [1.54, 1.807) is 18.2 Å². The van der Waals surface area contributed by atoms with Gasteiger partial charge in [0.15, 0.2) is 0 Å². The summed E-state index contributed by atoms with van der Waals surface area (Å²) in [4.78, 5) is 0. The van der Waals surface area contributed by atoms with Crippen LogP contribution in [0.15, 0.2) is 42.5 Å². The average molecular weight is 286 g/mol. The first-order valence-corrected chi connectivity index (χ1v) is 5.99. The Balaban J connectivity index is 2.02. The first-order chi connectivity index (χ1) is 9.04. The summed E-state index contributed by atoms with van der Waals surface area (Å²) in [6.07, 6.45) is -2.47. The third kappa shape index (κ3) is 3.89. The molecule has 0 aliphatic carbocycles. The summed E-state index contributed by atoms with van der Waals surface area (Å²) < 4.78 is 37.8. The summed E-state index contributed by atoms with van der Waals surface area (Å²) in [5.41, 5.74) is 1.35. The van der Waals surface area contributed by atoms with Crippen LogP contribution in [0.4, 0.5) is 18.9 Å². The van der Waals surface area contributed by atoms with E-state index in [1.807, 2.05) is 0 Å². The molecule has 2 rings (SSSR count). The van der Waals surface area contributed by atoms with E-state index in [2.05, 4.69) is 5.32 Å². The molecule has 0 bridgehead atoms. The third-order valence-corrected chi connectivity index (χ3v) is 2.81. The Morgan fingerprint density at radius 2 is 1.74 bits per heavy atom. The van der Waals surface area contributed by atoms with Gasteiger partial charge in [-0.3, -0.25) is 0 Å². The number of hydrogen-bond acceptors (Lipinski definition) is 1. The Bertz CT molecular complexity index is 535. The molecule has 0 fully saturated rings. The van der Waals surface area contributed by atoms with Gasteiger partial charge >= 0.3 is 0 Å². The van der Waals surface area contributed by atoms with Crippen molar-refractivity contribution < 1.29 is 13.2 Å². The van der Waals surface area contributed by atoms with E-state index < -0.39 is 12.2 Å². The molecule has 0 spiro atoms. The molecule has 0 saturated heterocycles. The lowest BCUT2D eigenvalue weighted by Crippen LogP contribution is -2.00. The number of alkyl halides is 2. The second kappa shape index (κ2) is 5.97. The standard InChI is InChI=1S/C14H11ClF3N/c15-11-5-12(16)7-13(6-11)19-8-9-1-3-10(4-2-9)14(17)18/h1-7,14,19H,8H2. The third-order valence-electron chi connectivity index (χ3n) is 2.59. The predicted octanol–water partition coefficient (Wildman–Crippen LogP) is 5.03. The summed E-state index contributed by atoms with van der Waals surface area (Å²) in [5.74, 6) is -0.428. The van der Waals surface area contributed by atoms with E-state index in [1.165, 1.54) is 24.3 Å². The quantitative estimate of drug-likeness (QED) is 0.831. The number of nitrogens with one attached hydrogen (secondary N) is 1. The van der Waals surface area contributed by atoms with Crippen molar-refractivity contribution >= 4 is 17.3 Å². The highest BCUT2D eigenvalue weighted by Gasteiger charge is 2.05. The fourth-order valence-corrected chi connectivity index (χ4v) is 1.86. The smallest absolute Gasteiger partial charge is 0.263 e. The molecule has 0 heterocycles. The molecule has 0 unspecified atom stereocenters. The van der Waals surface area contributed by atoms with Gasteiger partial charge in [-0.25, -0.2) is 13.2 Å². The SMILES string of the molecule is Fc1cc(Cl)cc(NCc2ccc(C(F)F)cc2)c1. The molecule has 0 aliphatic heterocycles. The molecular weight excluding hydrogens is 275 g/mol. The van der Waals surface area contributed by atoms with Crippen molar-refractivity contribution in [3.05, 3.63) is 64.4 Å². The zero-order chi connectivity index (χ0) is 13.8. The summed E-state index contributed by atoms with van der Waals surface area (Å²) in [6, 6.07) is 10.1. The molecular formula is C14H11ClF3N. The number of rotatable bonds is 4. The number of benzene rings is 2. The van der Waals surface area contributed by atoms with Gasteiger partial charge in [-0.05, 0) is 23.8 Å². The van der Waals surface area contributed by atoms with Crippen LogP contribution in [0.2, 0.25) is 5.02 Å². The fraction of sp³-hybridized carbons (Fsp3) is 0.143.